The number of likely N-dealkylation sites (N-methyl/N-ethyl adjacent to an activating group) is 1. The van der Waals surface area contributed by atoms with Gasteiger partial charge in [0, 0.05) is 18.3 Å². The summed E-state index contributed by atoms with van der Waals surface area (Å²) >= 11 is 0. The Morgan fingerprint density at radius 3 is 2.74 bits per heavy atom. The van der Waals surface area contributed by atoms with Crippen molar-refractivity contribution < 1.29 is 10.2 Å². The molecule has 5 nitrogen and oxygen atoms in total. The van der Waals surface area contributed by atoms with Crippen molar-refractivity contribution in [2.75, 3.05) is 13.6 Å². The normalized spacial score (nSPS) is 14.3. The van der Waals surface area contributed by atoms with Crippen LogP contribution in [0.2, 0.25) is 0 Å². The average molecular weight is 261 g/mol. The highest BCUT2D eigenvalue weighted by molar-refractivity contribution is 5.39. The molecule has 1 heterocycles. The van der Waals surface area contributed by atoms with Crippen molar-refractivity contribution in [2.24, 2.45) is 0 Å². The zero-order valence-corrected chi connectivity index (χ0v) is 11.1. The molecule has 0 bridgehead atoms. The highest BCUT2D eigenvalue weighted by Gasteiger charge is 2.19. The molecule has 1 aromatic heterocycles. The Kier molecular flexibility index (Phi) is 4.31. The summed E-state index contributed by atoms with van der Waals surface area (Å²) < 4.78 is 1.71. The first-order chi connectivity index (χ1) is 9.13. The summed E-state index contributed by atoms with van der Waals surface area (Å²) in [7, 11) is 1.73. The first kappa shape index (κ1) is 13.7. The molecule has 0 amide bonds. The maximum Gasteiger partial charge on any atom is 0.109 e. The third-order valence-electron chi connectivity index (χ3n) is 3.08. The van der Waals surface area contributed by atoms with E-state index in [0.29, 0.717) is 12.1 Å². The van der Waals surface area contributed by atoms with E-state index in [-0.39, 0.29) is 0 Å². The second kappa shape index (κ2) is 5.97. The number of nitrogens with zero attached hydrogens (tertiary/aromatic N) is 2. The molecule has 3 N–H and O–H groups in total. The molecule has 1 aromatic carbocycles. The lowest BCUT2D eigenvalue weighted by Crippen LogP contribution is -2.29. The number of para-hydroxylation sites is 1. The van der Waals surface area contributed by atoms with Gasteiger partial charge in [-0.1, -0.05) is 18.2 Å². The van der Waals surface area contributed by atoms with Gasteiger partial charge in [0.05, 0.1) is 18.0 Å². The van der Waals surface area contributed by atoms with E-state index >= 15 is 0 Å². The van der Waals surface area contributed by atoms with Crippen LogP contribution in [0.1, 0.15) is 17.2 Å². The predicted octanol–water partition coefficient (Wildman–Crippen LogP) is 0.794. The summed E-state index contributed by atoms with van der Waals surface area (Å²) in [6, 6.07) is 7.87. The van der Waals surface area contributed by atoms with Gasteiger partial charge < -0.3 is 15.5 Å². The molecular weight excluding hydrogens is 242 g/mol. The minimum Gasteiger partial charge on any atom is -0.389 e. The molecule has 0 aliphatic rings. The van der Waals surface area contributed by atoms with Gasteiger partial charge in [-0.2, -0.15) is 5.10 Å². The topological polar surface area (TPSA) is 70.3 Å². The van der Waals surface area contributed by atoms with Crippen LogP contribution in [0.25, 0.3) is 5.69 Å². The molecular formula is C14H19N3O2. The van der Waals surface area contributed by atoms with Gasteiger partial charge in [-0.25, -0.2) is 4.68 Å². The van der Waals surface area contributed by atoms with Crippen LogP contribution >= 0.6 is 0 Å². The zero-order chi connectivity index (χ0) is 13.8. The average Bonchev–Trinajstić information content (AvgIpc) is 2.88. The Balaban J connectivity index is 2.22. The van der Waals surface area contributed by atoms with E-state index in [9.17, 15) is 10.2 Å². The molecule has 2 unspecified atom stereocenters. The van der Waals surface area contributed by atoms with Crippen molar-refractivity contribution in [3.63, 3.8) is 0 Å². The number of hydrogen-bond donors (Lipinski definition) is 3. The maximum atomic E-state index is 10.0. The van der Waals surface area contributed by atoms with E-state index in [1.165, 1.54) is 0 Å². The van der Waals surface area contributed by atoms with Crippen molar-refractivity contribution in [3.8, 4) is 5.69 Å². The molecule has 0 spiro atoms. The number of aliphatic hydroxyl groups excluding tert-OH is 2. The molecule has 0 aliphatic heterocycles. The summed E-state index contributed by atoms with van der Waals surface area (Å²) in [5.74, 6) is 0. The largest absolute Gasteiger partial charge is 0.389 e. The third kappa shape index (κ3) is 3.01. The molecule has 0 fully saturated rings. The lowest BCUT2D eigenvalue weighted by molar-refractivity contribution is 0.0202. The van der Waals surface area contributed by atoms with Crippen LogP contribution in [-0.2, 0) is 0 Å². The van der Waals surface area contributed by atoms with Gasteiger partial charge in [0.1, 0.15) is 6.10 Å². The Morgan fingerprint density at radius 2 is 2.05 bits per heavy atom. The van der Waals surface area contributed by atoms with Crippen LogP contribution < -0.4 is 5.32 Å². The van der Waals surface area contributed by atoms with Crippen LogP contribution in [-0.4, -0.2) is 39.7 Å². The van der Waals surface area contributed by atoms with E-state index in [1.54, 1.807) is 24.1 Å². The number of aryl methyl sites for hydroxylation is 1. The Morgan fingerprint density at radius 1 is 1.32 bits per heavy atom. The van der Waals surface area contributed by atoms with E-state index in [0.717, 1.165) is 11.3 Å². The van der Waals surface area contributed by atoms with Crippen LogP contribution in [0.5, 0.6) is 0 Å². The molecule has 0 saturated carbocycles. The number of aliphatic hydroxyl groups is 2. The lowest BCUT2D eigenvalue weighted by atomic mass is 10.1. The van der Waals surface area contributed by atoms with Gasteiger partial charge in [0.15, 0.2) is 0 Å². The summed E-state index contributed by atoms with van der Waals surface area (Å²) in [6.07, 6.45) is 1.53. The van der Waals surface area contributed by atoms with Gasteiger partial charge in [0.2, 0.25) is 0 Å². The fourth-order valence-electron chi connectivity index (χ4n) is 1.98. The van der Waals surface area contributed by atoms with Gasteiger partial charge in [0.25, 0.3) is 0 Å². The highest BCUT2D eigenvalue weighted by Crippen LogP contribution is 2.19. The van der Waals surface area contributed by atoms with E-state index in [2.05, 4.69) is 10.4 Å². The lowest BCUT2D eigenvalue weighted by Gasteiger charge is -2.15. The monoisotopic (exact) mass is 261 g/mol. The van der Waals surface area contributed by atoms with Crippen molar-refractivity contribution >= 4 is 0 Å². The van der Waals surface area contributed by atoms with Crippen molar-refractivity contribution in [3.05, 3.63) is 47.8 Å². The summed E-state index contributed by atoms with van der Waals surface area (Å²) in [5, 5.41) is 26.8. The fourth-order valence-corrected chi connectivity index (χ4v) is 1.98. The standard InChI is InChI=1S/C14H19N3O2/c1-10-5-3-4-6-12(10)17-9-11(7-16-17)14(19)13(18)8-15-2/h3-7,9,13-15,18-19H,8H2,1-2H3. The minimum absolute atomic E-state index is 0.330. The van der Waals surface area contributed by atoms with Crippen LogP contribution in [0.15, 0.2) is 36.7 Å². The van der Waals surface area contributed by atoms with E-state index in [4.69, 9.17) is 0 Å². The highest BCUT2D eigenvalue weighted by atomic mass is 16.3. The number of benzene rings is 1. The summed E-state index contributed by atoms with van der Waals surface area (Å²) in [6.45, 7) is 2.33. The molecule has 102 valence electrons. The first-order valence-electron chi connectivity index (χ1n) is 6.24. The SMILES string of the molecule is CNCC(O)C(O)c1cnn(-c2ccccc2C)c1. The Hall–Kier alpha value is -1.69. The predicted molar refractivity (Wildman–Crippen MR) is 73.2 cm³/mol. The molecule has 19 heavy (non-hydrogen) atoms. The number of rotatable bonds is 5. The van der Waals surface area contributed by atoms with E-state index in [1.807, 2.05) is 31.2 Å². The minimum atomic E-state index is -0.940. The van der Waals surface area contributed by atoms with Crippen molar-refractivity contribution in [1.29, 1.82) is 0 Å². The van der Waals surface area contributed by atoms with Crippen molar-refractivity contribution in [1.82, 2.24) is 15.1 Å². The van der Waals surface area contributed by atoms with E-state index < -0.39 is 12.2 Å². The zero-order valence-electron chi connectivity index (χ0n) is 11.1. The number of aromatic nitrogens is 2. The second-order valence-electron chi connectivity index (χ2n) is 4.57. The molecule has 2 aromatic rings. The molecule has 0 saturated heterocycles. The molecule has 5 heteroatoms. The second-order valence-corrected chi connectivity index (χ2v) is 4.57. The van der Waals surface area contributed by atoms with Gasteiger partial charge in [-0.05, 0) is 25.6 Å². The first-order valence-corrected chi connectivity index (χ1v) is 6.24. The Bertz CT molecular complexity index is 539. The Labute approximate surface area is 112 Å². The van der Waals surface area contributed by atoms with Gasteiger partial charge >= 0.3 is 0 Å². The summed E-state index contributed by atoms with van der Waals surface area (Å²) in [5.41, 5.74) is 2.66. The number of hydrogen-bond acceptors (Lipinski definition) is 4. The summed E-state index contributed by atoms with van der Waals surface area (Å²) in [4.78, 5) is 0. The van der Waals surface area contributed by atoms with Crippen LogP contribution in [0.3, 0.4) is 0 Å². The fraction of sp³-hybridized carbons (Fsp3) is 0.357. The third-order valence-corrected chi connectivity index (χ3v) is 3.08. The van der Waals surface area contributed by atoms with Crippen LogP contribution in [0, 0.1) is 6.92 Å². The number of nitrogens with one attached hydrogen (secondary N) is 1. The molecule has 2 atom stereocenters. The van der Waals surface area contributed by atoms with Gasteiger partial charge in [-0.3, -0.25) is 0 Å². The maximum absolute atomic E-state index is 10.0. The van der Waals surface area contributed by atoms with Crippen molar-refractivity contribution in [2.45, 2.75) is 19.1 Å². The molecule has 0 radical (unpaired) electrons. The smallest absolute Gasteiger partial charge is 0.109 e. The molecule has 2 rings (SSSR count). The van der Waals surface area contributed by atoms with Crippen LogP contribution in [0.4, 0.5) is 0 Å². The van der Waals surface area contributed by atoms with Gasteiger partial charge in [-0.15, -0.1) is 0 Å². The quantitative estimate of drug-likeness (QED) is 0.744. The molecule has 0 aliphatic carbocycles.